The van der Waals surface area contributed by atoms with E-state index in [2.05, 4.69) is 25.5 Å². The molecule has 0 heterocycles. The highest BCUT2D eigenvalue weighted by molar-refractivity contribution is 6.39. The van der Waals surface area contributed by atoms with E-state index in [0.29, 0.717) is 5.56 Å². The molecule has 1 aromatic rings. The molecule has 0 aliphatic carbocycles. The van der Waals surface area contributed by atoms with Crippen molar-refractivity contribution >= 4 is 17.5 Å². The maximum absolute atomic E-state index is 11.3. The molecule has 0 unspecified atom stereocenters. The fourth-order valence-corrected chi connectivity index (χ4v) is 1.51. The number of carbonyl (C=O) groups is 2. The number of hydrogen-bond acceptors (Lipinski definition) is 4. The third-order valence-corrected chi connectivity index (χ3v) is 2.70. The van der Waals surface area contributed by atoms with Gasteiger partial charge in [0.05, 0.1) is 7.11 Å². The van der Waals surface area contributed by atoms with Crippen molar-refractivity contribution in [2.24, 2.45) is 0 Å². The van der Waals surface area contributed by atoms with Crippen molar-refractivity contribution in [3.63, 3.8) is 0 Å². The largest absolute Gasteiger partial charge is 0.507 e. The molecule has 0 aromatic heterocycles. The Morgan fingerprint density at radius 1 is 1.16 bits per heavy atom. The van der Waals surface area contributed by atoms with Gasteiger partial charge < -0.3 is 9.84 Å². The van der Waals surface area contributed by atoms with E-state index >= 15 is 0 Å². The van der Waals surface area contributed by atoms with E-state index in [1.165, 1.54) is 0 Å². The van der Waals surface area contributed by atoms with Gasteiger partial charge in [-0.2, -0.15) is 0 Å². The Morgan fingerprint density at radius 2 is 1.68 bits per heavy atom. The van der Waals surface area contributed by atoms with Crippen LogP contribution in [-0.4, -0.2) is 24.0 Å². The van der Waals surface area contributed by atoms with Gasteiger partial charge in [-0.1, -0.05) is 45.0 Å². The second-order valence-electron chi connectivity index (χ2n) is 5.21. The molecule has 102 valence electrons. The Morgan fingerprint density at radius 3 is 2.11 bits per heavy atom. The van der Waals surface area contributed by atoms with Crippen LogP contribution in [-0.2, 0) is 19.7 Å². The minimum Gasteiger partial charge on any atom is -0.507 e. The monoisotopic (exact) mass is 262 g/mol. The van der Waals surface area contributed by atoms with Crippen LogP contribution in [0.3, 0.4) is 0 Å². The zero-order chi connectivity index (χ0) is 14.6. The van der Waals surface area contributed by atoms with E-state index in [9.17, 15) is 14.7 Å². The van der Waals surface area contributed by atoms with Crippen LogP contribution in [0.15, 0.2) is 30.3 Å². The Hall–Kier alpha value is -2.10. The summed E-state index contributed by atoms with van der Waals surface area (Å²) in [6.07, 6.45) is 0.859. The van der Waals surface area contributed by atoms with Gasteiger partial charge in [0.2, 0.25) is 0 Å². The van der Waals surface area contributed by atoms with E-state index < -0.39 is 11.8 Å². The molecular weight excluding hydrogens is 244 g/mol. The molecule has 0 fully saturated rings. The summed E-state index contributed by atoms with van der Waals surface area (Å²) in [5, 5.41) is 9.76. The lowest BCUT2D eigenvalue weighted by atomic mass is 9.86. The number of methoxy groups -OCH3 is 1. The molecule has 0 bridgehead atoms. The van der Waals surface area contributed by atoms with E-state index in [1.807, 2.05) is 12.1 Å². The minimum absolute atomic E-state index is 0.0136. The molecule has 1 N–H and O–H groups in total. The maximum atomic E-state index is 11.3. The summed E-state index contributed by atoms with van der Waals surface area (Å²) < 4.78 is 4.27. The van der Waals surface area contributed by atoms with Crippen molar-refractivity contribution in [2.45, 2.75) is 26.2 Å². The number of aliphatic hydroxyl groups excluding tert-OH is 1. The highest BCUT2D eigenvalue weighted by Gasteiger charge is 2.15. The van der Waals surface area contributed by atoms with E-state index in [-0.39, 0.29) is 11.2 Å². The van der Waals surface area contributed by atoms with Gasteiger partial charge in [0.15, 0.2) is 0 Å². The third kappa shape index (κ3) is 3.95. The first-order valence-electron chi connectivity index (χ1n) is 5.89. The van der Waals surface area contributed by atoms with Crippen molar-refractivity contribution in [2.75, 3.05) is 7.11 Å². The van der Waals surface area contributed by atoms with Gasteiger partial charge in [0, 0.05) is 11.6 Å². The number of ketones is 1. The number of rotatable bonds is 3. The quantitative estimate of drug-likeness (QED) is 0.393. The topological polar surface area (TPSA) is 63.6 Å². The number of aliphatic hydroxyl groups is 1. The summed E-state index contributed by atoms with van der Waals surface area (Å²) in [6, 6.07) is 7.16. The Bertz CT molecular complexity index is 504. The molecular formula is C15H18O4. The van der Waals surface area contributed by atoms with Crippen LogP contribution in [0.25, 0.3) is 5.76 Å². The highest BCUT2D eigenvalue weighted by atomic mass is 16.5. The van der Waals surface area contributed by atoms with Gasteiger partial charge in [-0.05, 0) is 11.0 Å². The van der Waals surface area contributed by atoms with Crippen LogP contribution in [0.5, 0.6) is 0 Å². The lowest BCUT2D eigenvalue weighted by molar-refractivity contribution is -0.149. The molecule has 19 heavy (non-hydrogen) atoms. The van der Waals surface area contributed by atoms with Crippen LogP contribution >= 0.6 is 0 Å². The molecule has 4 nitrogen and oxygen atoms in total. The second kappa shape index (κ2) is 5.69. The van der Waals surface area contributed by atoms with Crippen molar-refractivity contribution in [3.8, 4) is 0 Å². The predicted molar refractivity (Wildman–Crippen MR) is 72.8 cm³/mol. The molecule has 0 amide bonds. The zero-order valence-corrected chi connectivity index (χ0v) is 11.6. The van der Waals surface area contributed by atoms with Gasteiger partial charge in [0.25, 0.3) is 5.78 Å². The number of benzene rings is 1. The standard InChI is InChI=1S/C15H18O4/c1-15(2,3)11-7-5-10(6-8-11)12(16)9-13(17)14(18)19-4/h5-9,16H,1-4H3/b12-9-. The Kier molecular flexibility index (Phi) is 4.48. The van der Waals surface area contributed by atoms with Crippen molar-refractivity contribution < 1.29 is 19.4 Å². The van der Waals surface area contributed by atoms with E-state index in [0.717, 1.165) is 18.7 Å². The summed E-state index contributed by atoms with van der Waals surface area (Å²) >= 11 is 0. The van der Waals surface area contributed by atoms with Crippen molar-refractivity contribution in [1.29, 1.82) is 0 Å². The van der Waals surface area contributed by atoms with Crippen LogP contribution in [0.1, 0.15) is 31.9 Å². The lowest BCUT2D eigenvalue weighted by Gasteiger charge is -2.19. The van der Waals surface area contributed by atoms with E-state index in [4.69, 9.17) is 0 Å². The Labute approximate surface area is 112 Å². The molecule has 1 aromatic carbocycles. The van der Waals surface area contributed by atoms with Crippen LogP contribution in [0, 0.1) is 0 Å². The van der Waals surface area contributed by atoms with Crippen molar-refractivity contribution in [3.05, 3.63) is 41.5 Å². The van der Waals surface area contributed by atoms with Gasteiger partial charge in [0.1, 0.15) is 5.76 Å². The average molecular weight is 262 g/mol. The number of esters is 1. The Balaban J connectivity index is 2.96. The predicted octanol–water partition coefficient (Wildman–Crippen LogP) is 2.63. The summed E-state index contributed by atoms with van der Waals surface area (Å²) in [4.78, 5) is 22.2. The average Bonchev–Trinajstić information content (AvgIpc) is 2.36. The first kappa shape index (κ1) is 15.0. The SMILES string of the molecule is COC(=O)C(=O)/C=C(\O)c1ccc(C(C)(C)C)cc1. The normalized spacial score (nSPS) is 12.1. The highest BCUT2D eigenvalue weighted by Crippen LogP contribution is 2.23. The number of hydrogen-bond donors (Lipinski definition) is 1. The van der Waals surface area contributed by atoms with Crippen LogP contribution in [0.4, 0.5) is 0 Å². The minimum atomic E-state index is -1.00. The summed E-state index contributed by atoms with van der Waals surface area (Å²) in [5.74, 6) is -2.14. The maximum Gasteiger partial charge on any atom is 0.378 e. The van der Waals surface area contributed by atoms with E-state index in [1.54, 1.807) is 12.1 Å². The lowest BCUT2D eigenvalue weighted by Crippen LogP contribution is -2.13. The van der Waals surface area contributed by atoms with Crippen LogP contribution < -0.4 is 0 Å². The fourth-order valence-electron chi connectivity index (χ4n) is 1.51. The van der Waals surface area contributed by atoms with Gasteiger partial charge in [-0.3, -0.25) is 4.79 Å². The molecule has 0 spiro atoms. The molecule has 4 heteroatoms. The molecule has 0 saturated heterocycles. The molecule has 0 atom stereocenters. The van der Waals surface area contributed by atoms with Crippen molar-refractivity contribution in [1.82, 2.24) is 0 Å². The number of ether oxygens (including phenoxy) is 1. The smallest absolute Gasteiger partial charge is 0.378 e. The molecule has 1 rings (SSSR count). The molecule has 0 aliphatic rings. The van der Waals surface area contributed by atoms with Gasteiger partial charge in [-0.15, -0.1) is 0 Å². The second-order valence-corrected chi connectivity index (χ2v) is 5.21. The third-order valence-electron chi connectivity index (χ3n) is 2.70. The zero-order valence-electron chi connectivity index (χ0n) is 11.6. The van der Waals surface area contributed by atoms with Gasteiger partial charge >= 0.3 is 5.97 Å². The molecule has 0 saturated carbocycles. The summed E-state index contributed by atoms with van der Waals surface area (Å²) in [7, 11) is 1.11. The van der Waals surface area contributed by atoms with Gasteiger partial charge in [-0.25, -0.2) is 4.79 Å². The number of carbonyl (C=O) groups excluding carboxylic acids is 2. The molecule has 0 aliphatic heterocycles. The first-order valence-corrected chi connectivity index (χ1v) is 5.89. The summed E-state index contributed by atoms with van der Waals surface area (Å²) in [6.45, 7) is 6.25. The molecule has 0 radical (unpaired) electrons. The first-order chi connectivity index (χ1) is 8.75. The fraction of sp³-hybridized carbons (Fsp3) is 0.333. The summed E-state index contributed by atoms with van der Waals surface area (Å²) in [5.41, 5.74) is 1.60. The van der Waals surface area contributed by atoms with Crippen LogP contribution in [0.2, 0.25) is 0 Å².